The second-order valence-corrected chi connectivity index (χ2v) is 8.05. The van der Waals surface area contributed by atoms with Crippen LogP contribution in [0, 0.1) is 11.6 Å². The van der Waals surface area contributed by atoms with E-state index in [1.54, 1.807) is 12.1 Å². The third-order valence-electron chi connectivity index (χ3n) is 3.69. The van der Waals surface area contributed by atoms with E-state index in [1.165, 1.54) is 17.6 Å². The van der Waals surface area contributed by atoms with Crippen LogP contribution in [-0.2, 0) is 15.8 Å². The Morgan fingerprint density at radius 2 is 2.04 bits per heavy atom. The Kier molecular flexibility index (Phi) is 5.31. The number of thiophene rings is 1. The lowest BCUT2D eigenvalue weighted by atomic mass is 10.00. The molecular formula is C17H15F2NO3S2. The second kappa shape index (κ2) is 7.47. The fourth-order valence-electron chi connectivity index (χ4n) is 2.47. The van der Waals surface area contributed by atoms with Crippen LogP contribution in [0.3, 0.4) is 0 Å². The Morgan fingerprint density at radius 3 is 2.72 bits per heavy atom. The molecule has 1 N–H and O–H groups in total. The summed E-state index contributed by atoms with van der Waals surface area (Å²) in [6, 6.07) is 8.13. The largest absolute Gasteiger partial charge is 0.469 e. The number of nitrogens with one attached hydrogen (secondary N) is 1. The van der Waals surface area contributed by atoms with Crippen LogP contribution in [0.4, 0.5) is 8.78 Å². The van der Waals surface area contributed by atoms with E-state index in [0.717, 1.165) is 23.8 Å². The van der Waals surface area contributed by atoms with Crippen LogP contribution in [0.1, 0.15) is 22.8 Å². The number of benzene rings is 1. The highest BCUT2D eigenvalue weighted by atomic mass is 32.2. The highest BCUT2D eigenvalue weighted by Gasteiger charge is 2.22. The molecule has 1 atom stereocenters. The number of halogens is 2. The highest BCUT2D eigenvalue weighted by Crippen LogP contribution is 2.26. The number of hydrogen-bond donors (Lipinski definition) is 1. The molecule has 0 aliphatic rings. The lowest BCUT2D eigenvalue weighted by Gasteiger charge is -2.15. The van der Waals surface area contributed by atoms with E-state index in [4.69, 9.17) is 4.42 Å². The summed E-state index contributed by atoms with van der Waals surface area (Å²) in [5.41, 5.74) is 0.706. The van der Waals surface area contributed by atoms with Gasteiger partial charge >= 0.3 is 0 Å². The van der Waals surface area contributed by atoms with Crippen molar-refractivity contribution in [3.63, 3.8) is 0 Å². The van der Waals surface area contributed by atoms with Crippen molar-refractivity contribution in [3.8, 4) is 0 Å². The van der Waals surface area contributed by atoms with E-state index in [9.17, 15) is 17.2 Å². The highest BCUT2D eigenvalue weighted by molar-refractivity contribution is 7.88. The minimum Gasteiger partial charge on any atom is -0.469 e. The third kappa shape index (κ3) is 4.53. The Hall–Kier alpha value is -2.03. The molecule has 1 aromatic carbocycles. The topological polar surface area (TPSA) is 59.3 Å². The van der Waals surface area contributed by atoms with Crippen molar-refractivity contribution in [3.05, 3.63) is 81.9 Å². The van der Waals surface area contributed by atoms with Gasteiger partial charge in [0, 0.05) is 12.1 Å². The predicted molar refractivity (Wildman–Crippen MR) is 91.9 cm³/mol. The van der Waals surface area contributed by atoms with Crippen LogP contribution >= 0.6 is 11.3 Å². The van der Waals surface area contributed by atoms with Crippen molar-refractivity contribution in [2.24, 2.45) is 0 Å². The van der Waals surface area contributed by atoms with Gasteiger partial charge in [-0.3, -0.25) is 0 Å². The smallest absolute Gasteiger partial charge is 0.215 e. The minimum absolute atomic E-state index is 0.0590. The molecule has 3 rings (SSSR count). The fourth-order valence-corrected chi connectivity index (χ4v) is 4.33. The Balaban J connectivity index is 1.75. The Bertz CT molecular complexity index is 889. The molecule has 0 fully saturated rings. The van der Waals surface area contributed by atoms with Gasteiger partial charge in [0.05, 0.1) is 17.9 Å². The summed E-state index contributed by atoms with van der Waals surface area (Å²) in [7, 11) is -3.85. The molecule has 1 unspecified atom stereocenters. The minimum atomic E-state index is -3.85. The molecule has 0 aliphatic heterocycles. The molecule has 0 spiro atoms. The van der Waals surface area contributed by atoms with Crippen molar-refractivity contribution < 1.29 is 21.6 Å². The SMILES string of the molecule is O=S(=O)(Cc1cc(F)ccc1F)NCC(c1ccsc1)c1ccco1. The van der Waals surface area contributed by atoms with Gasteiger partial charge in [0.15, 0.2) is 0 Å². The summed E-state index contributed by atoms with van der Waals surface area (Å²) in [6.07, 6.45) is 1.52. The van der Waals surface area contributed by atoms with Crippen LogP contribution < -0.4 is 4.72 Å². The van der Waals surface area contributed by atoms with Crippen molar-refractivity contribution in [2.45, 2.75) is 11.7 Å². The van der Waals surface area contributed by atoms with Gasteiger partial charge in [0.1, 0.15) is 17.4 Å². The zero-order valence-electron chi connectivity index (χ0n) is 13.0. The van der Waals surface area contributed by atoms with E-state index in [-0.39, 0.29) is 18.0 Å². The van der Waals surface area contributed by atoms with E-state index >= 15 is 0 Å². The van der Waals surface area contributed by atoms with Gasteiger partial charge < -0.3 is 4.42 Å². The van der Waals surface area contributed by atoms with Crippen LogP contribution in [0.15, 0.2) is 57.8 Å². The van der Waals surface area contributed by atoms with Gasteiger partial charge in [-0.1, -0.05) is 0 Å². The summed E-state index contributed by atoms with van der Waals surface area (Å²) < 4.78 is 59.3. The van der Waals surface area contributed by atoms with Gasteiger partial charge in [-0.25, -0.2) is 21.9 Å². The Labute approximate surface area is 148 Å². The maximum atomic E-state index is 13.7. The molecule has 8 heteroatoms. The number of sulfonamides is 1. The molecule has 2 heterocycles. The predicted octanol–water partition coefficient (Wildman–Crippen LogP) is 3.87. The summed E-state index contributed by atoms with van der Waals surface area (Å²) >= 11 is 1.49. The standard InChI is InChI=1S/C17H15F2NO3S2/c18-14-3-4-16(19)13(8-14)11-25(21,22)20-9-15(12-5-7-24-10-12)17-2-1-6-23-17/h1-8,10,15,20H,9,11H2. The average Bonchev–Trinajstić information content (AvgIpc) is 3.25. The summed E-state index contributed by atoms with van der Waals surface area (Å²) in [5, 5.41) is 3.80. The van der Waals surface area contributed by atoms with Crippen molar-refractivity contribution >= 4 is 21.4 Å². The molecule has 25 heavy (non-hydrogen) atoms. The zero-order valence-corrected chi connectivity index (χ0v) is 14.6. The van der Waals surface area contributed by atoms with E-state index in [2.05, 4.69) is 4.72 Å². The summed E-state index contributed by atoms with van der Waals surface area (Å²) in [6.45, 7) is 0.0590. The molecule has 0 saturated carbocycles. The first kappa shape index (κ1) is 17.8. The molecule has 132 valence electrons. The molecule has 2 aromatic heterocycles. The average molecular weight is 383 g/mol. The van der Waals surface area contributed by atoms with Crippen molar-refractivity contribution in [1.29, 1.82) is 0 Å². The monoisotopic (exact) mass is 383 g/mol. The first-order valence-electron chi connectivity index (χ1n) is 7.41. The zero-order chi connectivity index (χ0) is 17.9. The lowest BCUT2D eigenvalue weighted by Crippen LogP contribution is -2.30. The number of hydrogen-bond acceptors (Lipinski definition) is 4. The second-order valence-electron chi connectivity index (χ2n) is 5.47. The van der Waals surface area contributed by atoms with Gasteiger partial charge in [0.2, 0.25) is 10.0 Å². The quantitative estimate of drug-likeness (QED) is 0.674. The fraction of sp³-hybridized carbons (Fsp3) is 0.176. The molecule has 0 aliphatic carbocycles. The first-order chi connectivity index (χ1) is 11.9. The third-order valence-corrected chi connectivity index (χ3v) is 5.69. The molecule has 0 amide bonds. The lowest BCUT2D eigenvalue weighted by molar-refractivity contribution is 0.481. The van der Waals surface area contributed by atoms with Crippen LogP contribution in [-0.4, -0.2) is 15.0 Å². The van der Waals surface area contributed by atoms with Crippen LogP contribution in [0.25, 0.3) is 0 Å². The molecule has 4 nitrogen and oxygen atoms in total. The normalized spacial score (nSPS) is 13.0. The molecular weight excluding hydrogens is 368 g/mol. The molecule has 0 radical (unpaired) electrons. The van der Waals surface area contributed by atoms with E-state index in [0.29, 0.717) is 5.76 Å². The Morgan fingerprint density at radius 1 is 1.20 bits per heavy atom. The number of rotatable bonds is 7. The summed E-state index contributed by atoms with van der Waals surface area (Å²) in [4.78, 5) is 0. The van der Waals surface area contributed by atoms with E-state index < -0.39 is 27.4 Å². The first-order valence-corrected chi connectivity index (χ1v) is 10.0. The van der Waals surface area contributed by atoms with E-state index in [1.807, 2.05) is 16.8 Å². The van der Waals surface area contributed by atoms with Crippen LogP contribution in [0.2, 0.25) is 0 Å². The molecule has 0 bridgehead atoms. The maximum Gasteiger partial charge on any atom is 0.215 e. The summed E-state index contributed by atoms with van der Waals surface area (Å²) in [5.74, 6) is -1.75. The van der Waals surface area contributed by atoms with Crippen molar-refractivity contribution in [2.75, 3.05) is 6.54 Å². The van der Waals surface area contributed by atoms with Gasteiger partial charge in [-0.15, -0.1) is 0 Å². The molecule has 3 aromatic rings. The van der Waals surface area contributed by atoms with Gasteiger partial charge in [-0.05, 0) is 52.7 Å². The molecule has 0 saturated heterocycles. The maximum absolute atomic E-state index is 13.7. The van der Waals surface area contributed by atoms with Gasteiger partial charge in [0.25, 0.3) is 0 Å². The van der Waals surface area contributed by atoms with Crippen LogP contribution in [0.5, 0.6) is 0 Å². The number of furan rings is 1. The van der Waals surface area contributed by atoms with Gasteiger partial charge in [-0.2, -0.15) is 11.3 Å². The van der Waals surface area contributed by atoms with Crippen molar-refractivity contribution in [1.82, 2.24) is 4.72 Å².